The van der Waals surface area contributed by atoms with E-state index in [-0.39, 0.29) is 34.9 Å². The van der Waals surface area contributed by atoms with Crippen molar-refractivity contribution >= 4 is 15.7 Å². The highest BCUT2D eigenvalue weighted by Crippen LogP contribution is 2.37. The molecule has 8 heteroatoms. The molecule has 7 nitrogen and oxygen atoms in total. The minimum atomic E-state index is -3.64. The van der Waals surface area contributed by atoms with E-state index in [4.69, 9.17) is 4.74 Å². The number of hydrogen-bond acceptors (Lipinski definition) is 5. The Morgan fingerprint density at radius 1 is 1.13 bits per heavy atom. The summed E-state index contributed by atoms with van der Waals surface area (Å²) in [5.41, 5.74) is 1.52. The summed E-state index contributed by atoms with van der Waals surface area (Å²) in [6.07, 6.45) is 7.49. The fraction of sp³-hybridized carbons (Fsp3) is 0.565. The number of hydrogen-bond donors (Lipinski definition) is 0. The third-order valence-electron chi connectivity index (χ3n) is 6.32. The van der Waals surface area contributed by atoms with Crippen LogP contribution in [0.2, 0.25) is 0 Å². The third-order valence-corrected chi connectivity index (χ3v) is 7.91. The van der Waals surface area contributed by atoms with Crippen LogP contribution in [-0.2, 0) is 38.2 Å². The number of rotatable bonds is 9. The van der Waals surface area contributed by atoms with Crippen LogP contribution >= 0.6 is 0 Å². The van der Waals surface area contributed by atoms with Crippen molar-refractivity contribution in [2.75, 3.05) is 6.61 Å². The van der Waals surface area contributed by atoms with E-state index < -0.39 is 9.84 Å². The van der Waals surface area contributed by atoms with Crippen LogP contribution < -0.4 is 0 Å². The summed E-state index contributed by atoms with van der Waals surface area (Å²) in [6.45, 7) is 1.57. The van der Waals surface area contributed by atoms with E-state index in [0.29, 0.717) is 19.7 Å². The van der Waals surface area contributed by atoms with Crippen molar-refractivity contribution in [3.8, 4) is 0 Å². The zero-order chi connectivity index (χ0) is 21.4. The Balaban J connectivity index is 1.45. The third kappa shape index (κ3) is 4.70. The number of ether oxygens (including phenoxy) is 1. The zero-order valence-electron chi connectivity index (χ0n) is 17.7. The smallest absolute Gasteiger partial charge is 0.228 e. The number of sulfone groups is 1. The highest BCUT2D eigenvalue weighted by atomic mass is 32.2. The van der Waals surface area contributed by atoms with Crippen molar-refractivity contribution in [1.29, 1.82) is 0 Å². The van der Waals surface area contributed by atoms with Crippen molar-refractivity contribution in [2.24, 2.45) is 5.92 Å². The van der Waals surface area contributed by atoms with Crippen LogP contribution in [0.15, 0.2) is 41.7 Å². The molecule has 0 spiro atoms. The monoisotopic (exact) mass is 443 g/mol. The lowest BCUT2D eigenvalue weighted by Crippen LogP contribution is -2.35. The first-order valence-electron chi connectivity index (χ1n) is 11.2. The van der Waals surface area contributed by atoms with Crippen LogP contribution in [0.3, 0.4) is 0 Å². The van der Waals surface area contributed by atoms with Gasteiger partial charge in [0.2, 0.25) is 20.9 Å². The molecule has 1 saturated heterocycles. The molecule has 1 aliphatic heterocycles. The Kier molecular flexibility index (Phi) is 5.60. The lowest BCUT2D eigenvalue weighted by atomic mass is 10.2. The first-order chi connectivity index (χ1) is 15.0. The normalized spacial score (nSPS) is 21.4. The quantitative estimate of drug-likeness (QED) is 0.595. The van der Waals surface area contributed by atoms with Gasteiger partial charge < -0.3 is 14.2 Å². The molecule has 1 atom stereocenters. The molecule has 1 aromatic carbocycles. The number of nitrogens with zero attached hydrogens (tertiary/aromatic N) is 3. The number of imidazole rings is 1. The second kappa shape index (κ2) is 8.39. The second-order valence-electron chi connectivity index (χ2n) is 8.99. The van der Waals surface area contributed by atoms with Crippen LogP contribution in [-0.4, -0.2) is 47.5 Å². The summed E-state index contributed by atoms with van der Waals surface area (Å²) in [5, 5.41) is 0.0801. The van der Waals surface area contributed by atoms with Crippen LogP contribution in [0.25, 0.3) is 0 Å². The average Bonchev–Trinajstić information content (AvgIpc) is 3.68. The van der Waals surface area contributed by atoms with Gasteiger partial charge in [-0.2, -0.15) is 0 Å². The van der Waals surface area contributed by atoms with Gasteiger partial charge in [-0.05, 0) is 44.1 Å². The number of carbonyl (C=O) groups is 1. The molecule has 5 rings (SSSR count). The maximum Gasteiger partial charge on any atom is 0.228 e. The molecule has 31 heavy (non-hydrogen) atoms. The lowest BCUT2D eigenvalue weighted by Gasteiger charge is -2.24. The minimum Gasteiger partial charge on any atom is -0.376 e. The van der Waals surface area contributed by atoms with Gasteiger partial charge in [0.25, 0.3) is 0 Å². The van der Waals surface area contributed by atoms with Crippen LogP contribution in [0, 0.1) is 5.92 Å². The predicted octanol–water partition coefficient (Wildman–Crippen LogP) is 2.94. The summed E-state index contributed by atoms with van der Waals surface area (Å²) in [5.74, 6) is 0.265. The molecule has 0 unspecified atom stereocenters. The Labute approximate surface area is 183 Å². The van der Waals surface area contributed by atoms with Crippen molar-refractivity contribution in [2.45, 2.75) is 74.7 Å². The van der Waals surface area contributed by atoms with Crippen molar-refractivity contribution in [3.63, 3.8) is 0 Å². The fourth-order valence-electron chi connectivity index (χ4n) is 4.32. The van der Waals surface area contributed by atoms with Crippen LogP contribution in [0.4, 0.5) is 0 Å². The maximum atomic E-state index is 13.3. The average molecular weight is 444 g/mol. The van der Waals surface area contributed by atoms with E-state index in [1.165, 1.54) is 0 Å². The number of carbonyl (C=O) groups excluding carboxylic acids is 1. The largest absolute Gasteiger partial charge is 0.376 e. The van der Waals surface area contributed by atoms with Gasteiger partial charge in [0.05, 0.1) is 36.8 Å². The molecule has 0 N–H and O–H groups in total. The molecule has 0 bridgehead atoms. The second-order valence-corrected chi connectivity index (χ2v) is 10.9. The molecule has 1 amide bonds. The van der Waals surface area contributed by atoms with E-state index in [1.807, 2.05) is 35.2 Å². The molecule has 166 valence electrons. The van der Waals surface area contributed by atoms with Gasteiger partial charge in [-0.1, -0.05) is 30.3 Å². The van der Waals surface area contributed by atoms with E-state index >= 15 is 0 Å². The summed E-state index contributed by atoms with van der Waals surface area (Å²) >= 11 is 0. The Morgan fingerprint density at radius 3 is 2.55 bits per heavy atom. The summed E-state index contributed by atoms with van der Waals surface area (Å²) in [7, 11) is -3.64. The van der Waals surface area contributed by atoms with E-state index in [9.17, 15) is 13.2 Å². The highest BCUT2D eigenvalue weighted by Gasteiger charge is 2.40. The molecule has 2 heterocycles. The molecular formula is C23H29N3O4S. The Hall–Kier alpha value is -2.19. The first-order valence-corrected chi connectivity index (χ1v) is 12.9. The van der Waals surface area contributed by atoms with Crippen LogP contribution in [0.5, 0.6) is 0 Å². The van der Waals surface area contributed by atoms with Gasteiger partial charge in [0.1, 0.15) is 0 Å². The van der Waals surface area contributed by atoms with E-state index in [0.717, 1.165) is 49.8 Å². The van der Waals surface area contributed by atoms with Crippen molar-refractivity contribution in [1.82, 2.24) is 14.5 Å². The van der Waals surface area contributed by atoms with E-state index in [2.05, 4.69) is 4.98 Å². The number of aromatic nitrogens is 2. The number of benzene rings is 1. The Morgan fingerprint density at radius 2 is 1.90 bits per heavy atom. The fourth-order valence-corrected chi connectivity index (χ4v) is 5.83. The van der Waals surface area contributed by atoms with Crippen LogP contribution in [0.1, 0.15) is 49.8 Å². The summed E-state index contributed by atoms with van der Waals surface area (Å²) in [4.78, 5) is 19.2. The van der Waals surface area contributed by atoms with E-state index in [1.54, 1.807) is 10.8 Å². The minimum absolute atomic E-state index is 0.0212. The molecule has 2 aliphatic carbocycles. The van der Waals surface area contributed by atoms with Gasteiger partial charge in [-0.25, -0.2) is 13.4 Å². The molecule has 2 saturated carbocycles. The predicted molar refractivity (Wildman–Crippen MR) is 115 cm³/mol. The Bertz CT molecular complexity index is 1040. The molecule has 3 fully saturated rings. The molecule has 3 aliphatic rings. The van der Waals surface area contributed by atoms with Gasteiger partial charge in [-0.3, -0.25) is 4.79 Å². The summed E-state index contributed by atoms with van der Waals surface area (Å²) in [6, 6.07) is 9.46. The topological polar surface area (TPSA) is 81.5 Å². The first kappa shape index (κ1) is 20.7. The van der Waals surface area contributed by atoms with Gasteiger partial charge in [0, 0.05) is 18.6 Å². The lowest BCUT2D eigenvalue weighted by molar-refractivity contribution is -0.133. The standard InChI is InChI=1S/C23H29N3O4S/c27-22(18-8-9-18)25(19-10-11-19)14-20-13-24-23(26(20)15-21-7-4-12-30-21)31(28,29)16-17-5-2-1-3-6-17/h1-3,5-6,13,18-19,21H,4,7-12,14-16H2/t21-/m1/s1. The molecular weight excluding hydrogens is 414 g/mol. The van der Waals surface area contributed by atoms with Crippen molar-refractivity contribution in [3.05, 3.63) is 47.8 Å². The molecule has 0 radical (unpaired) electrons. The SMILES string of the molecule is O=C(C1CC1)N(Cc1cnc(S(=O)(=O)Cc2ccccc2)n1C[C@H]1CCCO1)C1CC1. The molecule has 2 aromatic rings. The molecule has 1 aromatic heterocycles. The van der Waals surface area contributed by atoms with Gasteiger partial charge in [0.15, 0.2) is 0 Å². The maximum absolute atomic E-state index is 13.3. The highest BCUT2D eigenvalue weighted by molar-refractivity contribution is 7.90. The zero-order valence-corrected chi connectivity index (χ0v) is 18.5. The van der Waals surface area contributed by atoms with Gasteiger partial charge >= 0.3 is 0 Å². The number of amides is 1. The summed E-state index contributed by atoms with van der Waals surface area (Å²) < 4.78 is 34.2. The van der Waals surface area contributed by atoms with Gasteiger partial charge in [-0.15, -0.1) is 0 Å². The van der Waals surface area contributed by atoms with Crippen molar-refractivity contribution < 1.29 is 17.9 Å².